The lowest BCUT2D eigenvalue weighted by Gasteiger charge is -2.20. The van der Waals surface area contributed by atoms with E-state index < -0.39 is 0 Å². The second kappa shape index (κ2) is 6.71. The third-order valence-electron chi connectivity index (χ3n) is 6.80. The second-order valence-corrected chi connectivity index (χ2v) is 9.22. The van der Waals surface area contributed by atoms with E-state index in [2.05, 4.69) is 15.4 Å². The van der Waals surface area contributed by atoms with Crippen molar-refractivity contribution in [2.75, 3.05) is 19.6 Å². The Morgan fingerprint density at radius 1 is 1.24 bits per heavy atom. The van der Waals surface area contributed by atoms with E-state index in [4.69, 9.17) is 0 Å². The van der Waals surface area contributed by atoms with Gasteiger partial charge in [-0.05, 0) is 25.7 Å². The Morgan fingerprint density at radius 3 is 2.69 bits per heavy atom. The van der Waals surface area contributed by atoms with Crippen molar-refractivity contribution in [3.63, 3.8) is 0 Å². The van der Waals surface area contributed by atoms with E-state index in [9.17, 15) is 9.59 Å². The molecule has 2 atom stereocenters. The van der Waals surface area contributed by atoms with Crippen LogP contribution in [0.2, 0.25) is 0 Å². The molecule has 2 saturated carbocycles. The number of carbonyl (C=O) groups excluding carboxylic acids is 2. The first-order valence-corrected chi connectivity index (χ1v) is 10.5. The molecule has 0 radical (unpaired) electrons. The number of aromatic nitrogens is 4. The number of imidazole rings is 1. The average Bonchev–Trinajstić information content (AvgIpc) is 3.53. The van der Waals surface area contributed by atoms with Gasteiger partial charge in [0, 0.05) is 62.0 Å². The molecule has 3 heterocycles. The lowest BCUT2D eigenvalue weighted by molar-refractivity contribution is -0.125. The maximum absolute atomic E-state index is 13.1. The molecule has 154 valence electrons. The summed E-state index contributed by atoms with van der Waals surface area (Å²) in [6.45, 7) is 3.85. The Balaban J connectivity index is 1.32. The van der Waals surface area contributed by atoms with E-state index in [1.54, 1.807) is 12.5 Å². The Bertz CT molecular complexity index is 939. The van der Waals surface area contributed by atoms with Crippen molar-refractivity contribution in [3.8, 4) is 0 Å². The van der Waals surface area contributed by atoms with Crippen LogP contribution in [-0.4, -0.2) is 55.7 Å². The Kier molecular flexibility index (Phi) is 4.26. The van der Waals surface area contributed by atoms with Gasteiger partial charge < -0.3 is 14.8 Å². The molecule has 3 fully saturated rings. The van der Waals surface area contributed by atoms with Crippen LogP contribution in [0.25, 0.3) is 0 Å². The maximum atomic E-state index is 13.1. The predicted octanol–water partition coefficient (Wildman–Crippen LogP) is 1.72. The van der Waals surface area contributed by atoms with Crippen molar-refractivity contribution >= 4 is 11.8 Å². The van der Waals surface area contributed by atoms with Crippen LogP contribution in [0.1, 0.15) is 60.6 Å². The summed E-state index contributed by atoms with van der Waals surface area (Å²) >= 11 is 0. The average molecular weight is 396 g/mol. The van der Waals surface area contributed by atoms with E-state index in [1.807, 2.05) is 40.5 Å². The van der Waals surface area contributed by atoms with Gasteiger partial charge in [0.1, 0.15) is 0 Å². The standard InChI is InChI=1S/C21H28N6O2/c1-21(5-6-21)20(29)23-7-14-10-26(12-17(14)18-9-22-13-25(18)2)19(28)15-8-24-27(11-15)16-3-4-16/h8-9,11,13-14,16-17H,3-7,10,12H2,1-2H3,(H,23,29)/t14-,17-/m1/s1. The fraction of sp³-hybridized carbons (Fsp3) is 0.619. The number of nitrogens with one attached hydrogen (secondary N) is 1. The molecule has 2 amide bonds. The number of aryl methyl sites for hydroxylation is 1. The first-order valence-electron chi connectivity index (χ1n) is 10.5. The molecular weight excluding hydrogens is 368 g/mol. The van der Waals surface area contributed by atoms with Gasteiger partial charge in [0.25, 0.3) is 5.91 Å². The zero-order chi connectivity index (χ0) is 20.2. The molecule has 1 N–H and O–H groups in total. The highest BCUT2D eigenvalue weighted by Gasteiger charge is 2.45. The number of likely N-dealkylation sites (tertiary alicyclic amines) is 1. The molecule has 0 aromatic carbocycles. The number of hydrogen-bond donors (Lipinski definition) is 1. The third kappa shape index (κ3) is 3.45. The van der Waals surface area contributed by atoms with Gasteiger partial charge in [-0.2, -0.15) is 5.10 Å². The van der Waals surface area contributed by atoms with Crippen LogP contribution < -0.4 is 5.32 Å². The predicted molar refractivity (Wildman–Crippen MR) is 106 cm³/mol. The molecule has 8 heteroatoms. The van der Waals surface area contributed by atoms with Crippen LogP contribution in [0.15, 0.2) is 24.9 Å². The highest BCUT2D eigenvalue weighted by molar-refractivity contribution is 5.94. The summed E-state index contributed by atoms with van der Waals surface area (Å²) in [5, 5.41) is 7.51. The molecule has 29 heavy (non-hydrogen) atoms. The van der Waals surface area contributed by atoms with E-state index >= 15 is 0 Å². The highest BCUT2D eigenvalue weighted by Crippen LogP contribution is 2.45. The van der Waals surface area contributed by atoms with Gasteiger partial charge >= 0.3 is 0 Å². The summed E-state index contributed by atoms with van der Waals surface area (Å²) in [5.74, 6) is 0.472. The Hall–Kier alpha value is -2.64. The molecule has 2 aromatic heterocycles. The van der Waals surface area contributed by atoms with Crippen LogP contribution in [0, 0.1) is 11.3 Å². The van der Waals surface area contributed by atoms with Gasteiger partial charge in [0.15, 0.2) is 0 Å². The van der Waals surface area contributed by atoms with Gasteiger partial charge in [-0.3, -0.25) is 14.3 Å². The van der Waals surface area contributed by atoms with Crippen molar-refractivity contribution in [2.45, 2.75) is 44.6 Å². The zero-order valence-corrected chi connectivity index (χ0v) is 17.0. The van der Waals surface area contributed by atoms with Gasteiger partial charge in [-0.1, -0.05) is 6.92 Å². The molecule has 1 aliphatic heterocycles. The second-order valence-electron chi connectivity index (χ2n) is 9.22. The third-order valence-corrected chi connectivity index (χ3v) is 6.80. The molecule has 0 bridgehead atoms. The molecule has 2 aromatic rings. The summed E-state index contributed by atoms with van der Waals surface area (Å²) in [6.07, 6.45) is 11.4. The number of hydrogen-bond acceptors (Lipinski definition) is 4. The molecule has 5 rings (SSSR count). The Labute approximate surface area is 170 Å². The minimum absolute atomic E-state index is 0.0204. The smallest absolute Gasteiger partial charge is 0.257 e. The fourth-order valence-electron chi connectivity index (χ4n) is 4.33. The zero-order valence-electron chi connectivity index (χ0n) is 17.0. The molecule has 3 aliphatic rings. The van der Waals surface area contributed by atoms with E-state index in [0.717, 1.165) is 31.4 Å². The summed E-state index contributed by atoms with van der Waals surface area (Å²) in [6, 6.07) is 0.462. The first-order chi connectivity index (χ1) is 13.9. The molecule has 8 nitrogen and oxygen atoms in total. The van der Waals surface area contributed by atoms with E-state index in [-0.39, 0.29) is 29.1 Å². The SMILES string of the molecule is Cn1cncc1[C@@H]1CN(C(=O)c2cnn(C3CC3)c2)C[C@H]1CNC(=O)C1(C)CC1. The minimum Gasteiger partial charge on any atom is -0.355 e. The summed E-state index contributed by atoms with van der Waals surface area (Å²) in [5.41, 5.74) is 1.56. The molecule has 1 saturated heterocycles. The van der Waals surface area contributed by atoms with Crippen molar-refractivity contribution < 1.29 is 9.59 Å². The highest BCUT2D eigenvalue weighted by atomic mass is 16.2. The Morgan fingerprint density at radius 2 is 2.03 bits per heavy atom. The molecule has 0 unspecified atom stereocenters. The number of rotatable bonds is 6. The fourth-order valence-corrected chi connectivity index (χ4v) is 4.33. The van der Waals surface area contributed by atoms with Gasteiger partial charge in [0.2, 0.25) is 5.91 Å². The van der Waals surface area contributed by atoms with Crippen molar-refractivity contribution in [3.05, 3.63) is 36.2 Å². The van der Waals surface area contributed by atoms with Gasteiger partial charge in [-0.25, -0.2) is 4.98 Å². The number of amides is 2. The van der Waals surface area contributed by atoms with Crippen molar-refractivity contribution in [2.24, 2.45) is 18.4 Å². The summed E-state index contributed by atoms with van der Waals surface area (Å²) in [7, 11) is 1.98. The van der Waals surface area contributed by atoms with Gasteiger partial charge in [-0.15, -0.1) is 0 Å². The van der Waals surface area contributed by atoms with Crippen LogP contribution in [0.4, 0.5) is 0 Å². The first kappa shape index (κ1) is 18.4. The normalized spacial score (nSPS) is 25.2. The molecule has 2 aliphatic carbocycles. The van der Waals surface area contributed by atoms with Crippen molar-refractivity contribution in [1.82, 2.24) is 29.5 Å². The van der Waals surface area contributed by atoms with Crippen molar-refractivity contribution in [1.29, 1.82) is 0 Å². The summed E-state index contributed by atoms with van der Waals surface area (Å²) in [4.78, 5) is 31.7. The topological polar surface area (TPSA) is 85.1 Å². The molecular formula is C21H28N6O2. The van der Waals surface area contributed by atoms with Crippen LogP contribution in [0.3, 0.4) is 0 Å². The van der Waals surface area contributed by atoms with E-state index in [1.165, 1.54) is 0 Å². The monoisotopic (exact) mass is 396 g/mol. The van der Waals surface area contributed by atoms with Gasteiger partial charge in [0.05, 0.1) is 24.1 Å². The number of nitrogens with zero attached hydrogens (tertiary/aromatic N) is 5. The molecule has 0 spiro atoms. The lowest BCUT2D eigenvalue weighted by atomic mass is 9.92. The van der Waals surface area contributed by atoms with Crippen LogP contribution >= 0.6 is 0 Å². The lowest BCUT2D eigenvalue weighted by Crippen LogP contribution is -2.36. The van der Waals surface area contributed by atoms with Crippen LogP contribution in [-0.2, 0) is 11.8 Å². The summed E-state index contributed by atoms with van der Waals surface area (Å²) < 4.78 is 3.93. The largest absolute Gasteiger partial charge is 0.355 e. The number of carbonyl (C=O) groups is 2. The van der Waals surface area contributed by atoms with Crippen LogP contribution in [0.5, 0.6) is 0 Å². The maximum Gasteiger partial charge on any atom is 0.257 e. The van der Waals surface area contributed by atoms with E-state index in [0.29, 0.717) is 31.2 Å². The quantitative estimate of drug-likeness (QED) is 0.806. The minimum atomic E-state index is -0.187.